The van der Waals surface area contributed by atoms with Crippen molar-refractivity contribution in [2.75, 3.05) is 18.9 Å². The fraction of sp³-hybridized carbons (Fsp3) is 0.222. The summed E-state index contributed by atoms with van der Waals surface area (Å²) in [5, 5.41) is 4.07. The number of anilines is 1. The average molecular weight is 321 g/mol. The number of nitrogens with one attached hydrogen (secondary N) is 1. The molecule has 2 heterocycles. The van der Waals surface area contributed by atoms with Crippen LogP contribution < -0.4 is 5.32 Å². The number of para-hydroxylation sites is 1. The first-order chi connectivity index (χ1) is 11.7. The molecule has 0 fully saturated rings. The predicted molar refractivity (Wildman–Crippen MR) is 93.7 cm³/mol. The topological polar surface area (TPSA) is 71.0 Å². The summed E-state index contributed by atoms with van der Waals surface area (Å²) in [7, 11) is 1.77. The van der Waals surface area contributed by atoms with Gasteiger partial charge in [-0.15, -0.1) is 0 Å². The van der Waals surface area contributed by atoms with Crippen molar-refractivity contribution in [2.24, 2.45) is 0 Å². The minimum atomic E-state index is -0.119. The third kappa shape index (κ3) is 3.32. The SMILES string of the molecule is CCNc1ncc(C(=O)N(C)Cc2cccc3cccnc23)cn1. The molecule has 0 saturated heterocycles. The number of hydrogen-bond donors (Lipinski definition) is 1. The lowest BCUT2D eigenvalue weighted by Crippen LogP contribution is -2.26. The van der Waals surface area contributed by atoms with E-state index in [1.807, 2.05) is 37.3 Å². The van der Waals surface area contributed by atoms with Crippen LogP contribution in [0.4, 0.5) is 5.95 Å². The van der Waals surface area contributed by atoms with E-state index < -0.39 is 0 Å². The standard InChI is InChI=1S/C18H19N5O/c1-3-19-18-21-10-15(11-22-18)17(24)23(2)12-14-7-4-6-13-8-5-9-20-16(13)14/h4-11H,3,12H2,1-2H3,(H,19,21,22). The van der Waals surface area contributed by atoms with E-state index in [1.165, 1.54) is 0 Å². The van der Waals surface area contributed by atoms with Crippen LogP contribution >= 0.6 is 0 Å². The average Bonchev–Trinajstić information content (AvgIpc) is 2.62. The molecule has 3 aromatic rings. The maximum absolute atomic E-state index is 12.6. The molecule has 6 heteroatoms. The number of aromatic nitrogens is 3. The summed E-state index contributed by atoms with van der Waals surface area (Å²) in [6.07, 6.45) is 4.86. The van der Waals surface area contributed by atoms with Crippen LogP contribution in [0.2, 0.25) is 0 Å². The summed E-state index contributed by atoms with van der Waals surface area (Å²) in [5.74, 6) is 0.404. The summed E-state index contributed by atoms with van der Waals surface area (Å²) < 4.78 is 0. The molecule has 2 aromatic heterocycles. The predicted octanol–water partition coefficient (Wildman–Crippen LogP) is 2.73. The lowest BCUT2D eigenvalue weighted by molar-refractivity contribution is 0.0785. The van der Waals surface area contributed by atoms with Gasteiger partial charge in [0.2, 0.25) is 5.95 Å². The Morgan fingerprint density at radius 3 is 2.62 bits per heavy atom. The molecule has 1 amide bonds. The van der Waals surface area contributed by atoms with Gasteiger partial charge in [0.15, 0.2) is 0 Å². The lowest BCUT2D eigenvalue weighted by Gasteiger charge is -2.18. The van der Waals surface area contributed by atoms with Crippen molar-refractivity contribution in [3.05, 3.63) is 60.0 Å². The number of amides is 1. The second kappa shape index (κ2) is 7.04. The number of hydrogen-bond acceptors (Lipinski definition) is 5. The van der Waals surface area contributed by atoms with Gasteiger partial charge in [-0.3, -0.25) is 9.78 Å². The maximum Gasteiger partial charge on any atom is 0.257 e. The molecule has 0 radical (unpaired) electrons. The highest BCUT2D eigenvalue weighted by atomic mass is 16.2. The molecular weight excluding hydrogens is 302 g/mol. The first kappa shape index (κ1) is 15.9. The molecular formula is C18H19N5O. The number of nitrogens with zero attached hydrogens (tertiary/aromatic N) is 4. The number of carbonyl (C=O) groups is 1. The van der Waals surface area contributed by atoms with Crippen molar-refractivity contribution in [1.29, 1.82) is 0 Å². The highest BCUT2D eigenvalue weighted by molar-refractivity contribution is 5.93. The van der Waals surface area contributed by atoms with E-state index in [4.69, 9.17) is 0 Å². The second-order valence-corrected chi connectivity index (χ2v) is 5.48. The minimum absolute atomic E-state index is 0.119. The number of benzene rings is 1. The summed E-state index contributed by atoms with van der Waals surface area (Å²) in [6.45, 7) is 3.18. The minimum Gasteiger partial charge on any atom is -0.355 e. The molecule has 0 unspecified atom stereocenters. The molecule has 24 heavy (non-hydrogen) atoms. The molecule has 1 N–H and O–H groups in total. The number of rotatable bonds is 5. The molecule has 0 aliphatic carbocycles. The summed E-state index contributed by atoms with van der Waals surface area (Å²) in [4.78, 5) is 26.9. The fourth-order valence-electron chi connectivity index (χ4n) is 2.53. The first-order valence-electron chi connectivity index (χ1n) is 7.83. The quantitative estimate of drug-likeness (QED) is 0.782. The largest absolute Gasteiger partial charge is 0.355 e. The Bertz CT molecular complexity index is 842. The van der Waals surface area contributed by atoms with Crippen molar-refractivity contribution in [2.45, 2.75) is 13.5 Å². The molecule has 0 atom stereocenters. The Morgan fingerprint density at radius 2 is 1.88 bits per heavy atom. The molecule has 1 aromatic carbocycles. The van der Waals surface area contributed by atoms with Crippen LogP contribution in [0, 0.1) is 0 Å². The molecule has 0 aliphatic rings. The van der Waals surface area contributed by atoms with Gasteiger partial charge in [-0.2, -0.15) is 0 Å². The van der Waals surface area contributed by atoms with Gasteiger partial charge < -0.3 is 10.2 Å². The van der Waals surface area contributed by atoms with E-state index in [-0.39, 0.29) is 5.91 Å². The zero-order valence-electron chi connectivity index (χ0n) is 13.7. The van der Waals surface area contributed by atoms with Crippen molar-refractivity contribution in [1.82, 2.24) is 19.9 Å². The lowest BCUT2D eigenvalue weighted by atomic mass is 10.1. The Labute approximate surface area is 140 Å². The zero-order valence-corrected chi connectivity index (χ0v) is 13.7. The van der Waals surface area contributed by atoms with Gasteiger partial charge in [0.25, 0.3) is 5.91 Å². The molecule has 0 aliphatic heterocycles. The van der Waals surface area contributed by atoms with E-state index in [9.17, 15) is 4.79 Å². The van der Waals surface area contributed by atoms with Crippen molar-refractivity contribution in [3.63, 3.8) is 0 Å². The summed E-state index contributed by atoms with van der Waals surface area (Å²) in [6, 6.07) is 9.90. The van der Waals surface area contributed by atoms with Gasteiger partial charge in [0.1, 0.15) is 0 Å². The van der Waals surface area contributed by atoms with E-state index >= 15 is 0 Å². The van der Waals surface area contributed by atoms with Crippen LogP contribution in [-0.4, -0.2) is 39.4 Å². The zero-order chi connectivity index (χ0) is 16.9. The monoisotopic (exact) mass is 321 g/mol. The number of carbonyl (C=O) groups excluding carboxylic acids is 1. The van der Waals surface area contributed by atoms with Crippen LogP contribution in [-0.2, 0) is 6.54 Å². The number of pyridine rings is 1. The molecule has 0 saturated carbocycles. The van der Waals surface area contributed by atoms with Crippen LogP contribution in [0.1, 0.15) is 22.8 Å². The maximum atomic E-state index is 12.6. The van der Waals surface area contributed by atoms with Gasteiger partial charge in [-0.25, -0.2) is 9.97 Å². The van der Waals surface area contributed by atoms with Gasteiger partial charge >= 0.3 is 0 Å². The van der Waals surface area contributed by atoms with Crippen LogP contribution in [0.5, 0.6) is 0 Å². The van der Waals surface area contributed by atoms with Crippen molar-refractivity contribution < 1.29 is 4.79 Å². The third-order valence-electron chi connectivity index (χ3n) is 3.70. The van der Waals surface area contributed by atoms with Gasteiger partial charge in [0.05, 0.1) is 11.1 Å². The van der Waals surface area contributed by atoms with E-state index in [0.717, 1.165) is 23.0 Å². The highest BCUT2D eigenvalue weighted by Gasteiger charge is 2.14. The number of fused-ring (bicyclic) bond motifs is 1. The molecule has 3 rings (SSSR count). The fourth-order valence-corrected chi connectivity index (χ4v) is 2.53. The first-order valence-corrected chi connectivity index (χ1v) is 7.83. The van der Waals surface area contributed by atoms with E-state index in [2.05, 4.69) is 20.3 Å². The summed E-state index contributed by atoms with van der Waals surface area (Å²) >= 11 is 0. The Hall–Kier alpha value is -3.02. The second-order valence-electron chi connectivity index (χ2n) is 5.48. The van der Waals surface area contributed by atoms with E-state index in [0.29, 0.717) is 18.1 Å². The van der Waals surface area contributed by atoms with Crippen LogP contribution in [0.25, 0.3) is 10.9 Å². The Morgan fingerprint density at radius 1 is 1.12 bits per heavy atom. The van der Waals surface area contributed by atoms with Gasteiger partial charge in [-0.05, 0) is 18.6 Å². The van der Waals surface area contributed by atoms with Gasteiger partial charge in [0, 0.05) is 44.1 Å². The molecule has 122 valence electrons. The normalized spacial score (nSPS) is 10.6. The van der Waals surface area contributed by atoms with Crippen LogP contribution in [0.15, 0.2) is 48.9 Å². The Balaban J connectivity index is 1.78. The van der Waals surface area contributed by atoms with Crippen molar-refractivity contribution in [3.8, 4) is 0 Å². The van der Waals surface area contributed by atoms with E-state index in [1.54, 1.807) is 30.5 Å². The smallest absolute Gasteiger partial charge is 0.257 e. The third-order valence-corrected chi connectivity index (χ3v) is 3.70. The molecule has 0 spiro atoms. The van der Waals surface area contributed by atoms with Crippen molar-refractivity contribution >= 4 is 22.8 Å². The molecule has 6 nitrogen and oxygen atoms in total. The van der Waals surface area contributed by atoms with Crippen LogP contribution in [0.3, 0.4) is 0 Å². The summed E-state index contributed by atoms with van der Waals surface area (Å²) in [5.41, 5.74) is 2.39. The van der Waals surface area contributed by atoms with Gasteiger partial charge in [-0.1, -0.05) is 24.3 Å². The molecule has 0 bridgehead atoms. The highest BCUT2D eigenvalue weighted by Crippen LogP contribution is 2.18. The Kier molecular flexibility index (Phi) is 4.65.